The summed E-state index contributed by atoms with van der Waals surface area (Å²) in [5.41, 5.74) is 2.05. The fraction of sp³-hybridized carbons (Fsp3) is 0.364. The van der Waals surface area contributed by atoms with Gasteiger partial charge < -0.3 is 4.74 Å². The lowest BCUT2D eigenvalue weighted by atomic mass is 9.92. The maximum Gasteiger partial charge on any atom is 0.573 e. The molecule has 0 heterocycles. The quantitative estimate of drug-likeness (QED) is 0.698. The van der Waals surface area contributed by atoms with Gasteiger partial charge in [0.2, 0.25) is 0 Å². The minimum atomic E-state index is -4.60. The van der Waals surface area contributed by atoms with E-state index in [1.54, 1.807) is 6.07 Å². The van der Waals surface area contributed by atoms with Crippen molar-refractivity contribution in [3.05, 3.63) is 35.7 Å². The zero-order valence-electron chi connectivity index (χ0n) is 7.97. The van der Waals surface area contributed by atoms with Crippen LogP contribution in [0.2, 0.25) is 0 Å². The highest BCUT2D eigenvalue weighted by molar-refractivity contribution is 5.38. The van der Waals surface area contributed by atoms with E-state index < -0.39 is 6.36 Å². The molecule has 0 saturated heterocycles. The summed E-state index contributed by atoms with van der Waals surface area (Å²) >= 11 is 0. The number of aryl methyl sites for hydroxylation is 1. The number of rotatable bonds is 1. The maximum absolute atomic E-state index is 11.9. The third kappa shape index (κ3) is 2.64. The highest BCUT2D eigenvalue weighted by Crippen LogP contribution is 2.28. The van der Waals surface area contributed by atoms with Gasteiger partial charge in [-0.2, -0.15) is 0 Å². The zero-order valence-corrected chi connectivity index (χ0v) is 7.97. The van der Waals surface area contributed by atoms with E-state index in [1.165, 1.54) is 12.1 Å². The van der Waals surface area contributed by atoms with Crippen LogP contribution >= 0.6 is 0 Å². The number of hydrogen-bond donors (Lipinski definition) is 0. The Kier molecular flexibility index (Phi) is 2.59. The van der Waals surface area contributed by atoms with Crippen molar-refractivity contribution < 1.29 is 17.9 Å². The van der Waals surface area contributed by atoms with E-state index in [9.17, 15) is 13.2 Å². The van der Waals surface area contributed by atoms with Crippen LogP contribution in [0.5, 0.6) is 5.75 Å². The van der Waals surface area contributed by atoms with Gasteiger partial charge >= 0.3 is 6.36 Å². The second-order valence-electron chi connectivity index (χ2n) is 3.51. The van der Waals surface area contributed by atoms with Crippen LogP contribution in [0.1, 0.15) is 17.5 Å². The molecule has 0 aliphatic heterocycles. The molecule has 0 bridgehead atoms. The van der Waals surface area contributed by atoms with E-state index in [1.807, 2.05) is 0 Å². The Morgan fingerprint density at radius 2 is 1.93 bits per heavy atom. The predicted molar refractivity (Wildman–Crippen MR) is 49.5 cm³/mol. The average Bonchev–Trinajstić information content (AvgIpc) is 2.15. The number of benzene rings is 1. The Balaban J connectivity index is 2.21. The van der Waals surface area contributed by atoms with Gasteiger partial charge in [0.25, 0.3) is 0 Å². The van der Waals surface area contributed by atoms with Crippen molar-refractivity contribution in [2.45, 2.75) is 25.6 Å². The molecule has 0 fully saturated rings. The first kappa shape index (κ1) is 10.3. The molecule has 1 aliphatic rings. The molecule has 15 heavy (non-hydrogen) atoms. The van der Waals surface area contributed by atoms with Crippen LogP contribution in [0.25, 0.3) is 0 Å². The SMILES string of the molecule is FC(F)(F)Oc1ccc2c(c1)C[CH]CC2. The van der Waals surface area contributed by atoms with E-state index in [0.29, 0.717) is 0 Å². The molecule has 0 spiro atoms. The van der Waals surface area contributed by atoms with Gasteiger partial charge in [0.15, 0.2) is 0 Å². The monoisotopic (exact) mass is 215 g/mol. The maximum atomic E-state index is 11.9. The summed E-state index contributed by atoms with van der Waals surface area (Å²) < 4.78 is 39.7. The fourth-order valence-corrected chi connectivity index (χ4v) is 1.75. The van der Waals surface area contributed by atoms with Gasteiger partial charge in [-0.25, -0.2) is 0 Å². The first-order chi connectivity index (χ1) is 7.04. The lowest BCUT2D eigenvalue weighted by molar-refractivity contribution is -0.274. The fourth-order valence-electron chi connectivity index (χ4n) is 1.75. The van der Waals surface area contributed by atoms with Gasteiger partial charge in [-0.15, -0.1) is 13.2 Å². The van der Waals surface area contributed by atoms with Crippen molar-refractivity contribution in [3.8, 4) is 5.75 Å². The van der Waals surface area contributed by atoms with Crippen LogP contribution in [0, 0.1) is 6.42 Å². The molecule has 0 aromatic heterocycles. The van der Waals surface area contributed by atoms with Gasteiger partial charge in [-0.1, -0.05) is 6.07 Å². The molecule has 1 aromatic rings. The van der Waals surface area contributed by atoms with Gasteiger partial charge in [-0.3, -0.25) is 0 Å². The molecular formula is C11H10F3O. The first-order valence-corrected chi connectivity index (χ1v) is 4.74. The molecule has 0 unspecified atom stereocenters. The molecule has 1 aromatic carbocycles. The first-order valence-electron chi connectivity index (χ1n) is 4.74. The molecule has 0 amide bonds. The standard InChI is InChI=1S/C11H10F3O/c12-11(13,14)15-10-6-5-8-3-1-2-4-9(8)7-10/h2,5-7H,1,3-4H2. The number of fused-ring (bicyclic) bond motifs is 1. The molecule has 81 valence electrons. The number of hydrogen-bond acceptors (Lipinski definition) is 1. The van der Waals surface area contributed by atoms with Crippen molar-refractivity contribution in [2.24, 2.45) is 0 Å². The van der Waals surface area contributed by atoms with Crippen LogP contribution in [0.3, 0.4) is 0 Å². The third-order valence-corrected chi connectivity index (χ3v) is 2.39. The minimum absolute atomic E-state index is 0.128. The second kappa shape index (κ2) is 3.76. The molecule has 1 radical (unpaired) electrons. The Morgan fingerprint density at radius 1 is 1.13 bits per heavy atom. The van der Waals surface area contributed by atoms with Crippen molar-refractivity contribution in [1.29, 1.82) is 0 Å². The van der Waals surface area contributed by atoms with Gasteiger partial charge in [0.05, 0.1) is 0 Å². The summed E-state index contributed by atoms with van der Waals surface area (Å²) in [5.74, 6) is -0.128. The summed E-state index contributed by atoms with van der Waals surface area (Å²) in [6, 6.07) is 4.56. The molecule has 0 atom stereocenters. The molecule has 4 heteroatoms. The van der Waals surface area contributed by atoms with Crippen molar-refractivity contribution in [1.82, 2.24) is 0 Å². The van der Waals surface area contributed by atoms with Crippen molar-refractivity contribution in [2.75, 3.05) is 0 Å². The lowest BCUT2D eigenvalue weighted by Gasteiger charge is -2.17. The molecule has 0 N–H and O–H groups in total. The Hall–Kier alpha value is -1.19. The van der Waals surface area contributed by atoms with E-state index in [2.05, 4.69) is 11.2 Å². The Labute approximate surface area is 85.9 Å². The average molecular weight is 215 g/mol. The van der Waals surface area contributed by atoms with Crippen molar-refractivity contribution in [3.63, 3.8) is 0 Å². The Bertz CT molecular complexity index is 357. The predicted octanol–water partition coefficient (Wildman–Crippen LogP) is 3.28. The molecule has 2 rings (SSSR count). The largest absolute Gasteiger partial charge is 0.573 e. The molecule has 1 aliphatic carbocycles. The van der Waals surface area contributed by atoms with Crippen LogP contribution in [-0.4, -0.2) is 6.36 Å². The normalized spacial score (nSPS) is 15.9. The zero-order chi connectivity index (χ0) is 10.9. The minimum Gasteiger partial charge on any atom is -0.406 e. The third-order valence-electron chi connectivity index (χ3n) is 2.39. The second-order valence-corrected chi connectivity index (χ2v) is 3.51. The van der Waals surface area contributed by atoms with Crippen LogP contribution in [-0.2, 0) is 12.8 Å². The topological polar surface area (TPSA) is 9.23 Å². The molecule has 1 nitrogen and oxygen atoms in total. The highest BCUT2D eigenvalue weighted by Gasteiger charge is 2.31. The van der Waals surface area contributed by atoms with Gasteiger partial charge in [-0.05, 0) is 48.9 Å². The van der Waals surface area contributed by atoms with Crippen LogP contribution in [0.4, 0.5) is 13.2 Å². The molecular weight excluding hydrogens is 205 g/mol. The Morgan fingerprint density at radius 3 is 2.67 bits per heavy atom. The van der Waals surface area contributed by atoms with Crippen LogP contribution < -0.4 is 4.74 Å². The van der Waals surface area contributed by atoms with Gasteiger partial charge in [0.1, 0.15) is 5.75 Å². The highest BCUT2D eigenvalue weighted by atomic mass is 19.4. The van der Waals surface area contributed by atoms with E-state index in [-0.39, 0.29) is 5.75 Å². The van der Waals surface area contributed by atoms with E-state index in [4.69, 9.17) is 0 Å². The van der Waals surface area contributed by atoms with E-state index >= 15 is 0 Å². The summed E-state index contributed by atoms with van der Waals surface area (Å²) in [5, 5.41) is 0. The lowest BCUT2D eigenvalue weighted by Crippen LogP contribution is -2.17. The summed E-state index contributed by atoms with van der Waals surface area (Å²) in [7, 11) is 0. The van der Waals surface area contributed by atoms with Crippen molar-refractivity contribution >= 4 is 0 Å². The van der Waals surface area contributed by atoms with Crippen LogP contribution in [0.15, 0.2) is 18.2 Å². The smallest absolute Gasteiger partial charge is 0.406 e. The number of alkyl halides is 3. The van der Waals surface area contributed by atoms with E-state index in [0.717, 1.165) is 30.4 Å². The molecule has 0 saturated carbocycles. The number of halogens is 3. The summed E-state index contributed by atoms with van der Waals surface area (Å²) in [6.07, 6.45) is 0.0881. The summed E-state index contributed by atoms with van der Waals surface area (Å²) in [6.45, 7) is 0. The number of ether oxygens (including phenoxy) is 1. The summed E-state index contributed by atoms with van der Waals surface area (Å²) in [4.78, 5) is 0. The van der Waals surface area contributed by atoms with Gasteiger partial charge in [0, 0.05) is 0 Å².